The van der Waals surface area contributed by atoms with Crippen LogP contribution in [0.3, 0.4) is 0 Å². The van der Waals surface area contributed by atoms with Crippen LogP contribution in [0.15, 0.2) is 91.0 Å². The van der Waals surface area contributed by atoms with Gasteiger partial charge < -0.3 is 9.64 Å². The lowest BCUT2D eigenvalue weighted by atomic mass is 9.72. The summed E-state index contributed by atoms with van der Waals surface area (Å²) in [6, 6.07) is 30.8. The highest BCUT2D eigenvalue weighted by Crippen LogP contribution is 2.43. The Hall–Kier alpha value is -3.11. The minimum absolute atomic E-state index is 0.101. The zero-order chi connectivity index (χ0) is 21.1. The SMILES string of the molecule is O=C1OC(CN2CCN(c3ccccc3)CC2)CC1(c1ccccc1)c1ccccc1. The second kappa shape index (κ2) is 8.56. The highest BCUT2D eigenvalue weighted by Gasteiger charge is 2.51. The number of esters is 1. The summed E-state index contributed by atoms with van der Waals surface area (Å²) >= 11 is 0. The Bertz CT molecular complexity index is 960. The molecule has 0 radical (unpaired) electrons. The van der Waals surface area contributed by atoms with E-state index in [-0.39, 0.29) is 12.1 Å². The first-order valence-electron chi connectivity index (χ1n) is 11.1. The van der Waals surface area contributed by atoms with Gasteiger partial charge in [0.15, 0.2) is 0 Å². The zero-order valence-electron chi connectivity index (χ0n) is 17.7. The Morgan fingerprint density at radius 1 is 0.742 bits per heavy atom. The first-order chi connectivity index (χ1) is 15.3. The number of carbonyl (C=O) groups is 1. The summed E-state index contributed by atoms with van der Waals surface area (Å²) in [5.41, 5.74) is 2.59. The summed E-state index contributed by atoms with van der Waals surface area (Å²) in [5, 5.41) is 0. The largest absolute Gasteiger partial charge is 0.460 e. The third-order valence-corrected chi connectivity index (χ3v) is 6.64. The molecule has 31 heavy (non-hydrogen) atoms. The van der Waals surface area contributed by atoms with Crippen molar-refractivity contribution in [2.45, 2.75) is 17.9 Å². The summed E-state index contributed by atoms with van der Waals surface area (Å²) in [7, 11) is 0. The second-order valence-electron chi connectivity index (χ2n) is 8.49. The number of hydrogen-bond acceptors (Lipinski definition) is 4. The lowest BCUT2D eigenvalue weighted by Crippen LogP contribution is -2.48. The molecule has 1 unspecified atom stereocenters. The molecule has 0 saturated carbocycles. The molecule has 0 aliphatic carbocycles. The Morgan fingerprint density at radius 2 is 1.26 bits per heavy atom. The van der Waals surface area contributed by atoms with E-state index in [1.165, 1.54) is 5.69 Å². The van der Waals surface area contributed by atoms with E-state index in [9.17, 15) is 4.79 Å². The molecule has 2 aliphatic rings. The maximum atomic E-state index is 13.3. The third kappa shape index (κ3) is 3.84. The lowest BCUT2D eigenvalue weighted by molar-refractivity contribution is -0.145. The van der Waals surface area contributed by atoms with Crippen LogP contribution in [0.5, 0.6) is 0 Å². The first-order valence-corrected chi connectivity index (χ1v) is 11.1. The standard InChI is InChI=1S/C27H28N2O2/c30-26-27(22-10-4-1-5-11-22,23-12-6-2-7-13-23)20-25(31-26)21-28-16-18-29(19-17-28)24-14-8-3-9-15-24/h1-15,25H,16-21H2. The molecule has 0 N–H and O–H groups in total. The number of benzene rings is 3. The highest BCUT2D eigenvalue weighted by atomic mass is 16.6. The smallest absolute Gasteiger partial charge is 0.321 e. The van der Waals surface area contributed by atoms with Crippen molar-refractivity contribution >= 4 is 11.7 Å². The van der Waals surface area contributed by atoms with Crippen LogP contribution in [0.4, 0.5) is 5.69 Å². The lowest BCUT2D eigenvalue weighted by Gasteiger charge is -2.37. The number of hydrogen-bond donors (Lipinski definition) is 0. The van der Waals surface area contributed by atoms with Crippen LogP contribution in [0.1, 0.15) is 17.5 Å². The van der Waals surface area contributed by atoms with E-state index < -0.39 is 5.41 Å². The van der Waals surface area contributed by atoms with E-state index >= 15 is 0 Å². The average molecular weight is 413 g/mol. The molecule has 0 amide bonds. The van der Waals surface area contributed by atoms with Crippen LogP contribution in [0.2, 0.25) is 0 Å². The number of cyclic esters (lactones) is 1. The highest BCUT2D eigenvalue weighted by molar-refractivity contribution is 5.89. The molecular formula is C27H28N2O2. The molecular weight excluding hydrogens is 384 g/mol. The minimum Gasteiger partial charge on any atom is -0.460 e. The van der Waals surface area contributed by atoms with Crippen molar-refractivity contribution in [2.24, 2.45) is 0 Å². The maximum absolute atomic E-state index is 13.3. The number of ether oxygens (including phenoxy) is 1. The number of para-hydroxylation sites is 1. The predicted molar refractivity (Wildman–Crippen MR) is 123 cm³/mol. The summed E-state index contributed by atoms with van der Waals surface area (Å²) in [5.74, 6) is -0.127. The van der Waals surface area contributed by atoms with Crippen molar-refractivity contribution in [3.05, 3.63) is 102 Å². The van der Waals surface area contributed by atoms with Crippen molar-refractivity contribution < 1.29 is 9.53 Å². The van der Waals surface area contributed by atoms with Crippen LogP contribution in [-0.2, 0) is 14.9 Å². The Morgan fingerprint density at radius 3 is 1.81 bits per heavy atom. The minimum atomic E-state index is -0.723. The van der Waals surface area contributed by atoms with Crippen molar-refractivity contribution in [3.63, 3.8) is 0 Å². The van der Waals surface area contributed by atoms with Gasteiger partial charge in [-0.1, -0.05) is 78.9 Å². The Balaban J connectivity index is 1.31. The number of piperazine rings is 1. The molecule has 4 nitrogen and oxygen atoms in total. The first kappa shape index (κ1) is 19.8. The van der Waals surface area contributed by atoms with E-state index in [2.05, 4.69) is 64.4 Å². The fourth-order valence-electron chi connectivity index (χ4n) is 5.02. The van der Waals surface area contributed by atoms with Crippen LogP contribution in [0, 0.1) is 0 Å². The van der Waals surface area contributed by atoms with E-state index in [0.29, 0.717) is 6.42 Å². The van der Waals surface area contributed by atoms with E-state index in [1.807, 2.05) is 36.4 Å². The molecule has 2 fully saturated rings. The number of rotatable bonds is 5. The average Bonchev–Trinajstić information content (AvgIpc) is 3.17. The van der Waals surface area contributed by atoms with Crippen molar-refractivity contribution in [3.8, 4) is 0 Å². The molecule has 0 aromatic heterocycles. The van der Waals surface area contributed by atoms with Crippen LogP contribution >= 0.6 is 0 Å². The molecule has 3 aromatic rings. The normalized spacial score (nSPS) is 21.1. The van der Waals surface area contributed by atoms with Gasteiger partial charge in [0.25, 0.3) is 0 Å². The van der Waals surface area contributed by atoms with Gasteiger partial charge in [-0.05, 0) is 23.3 Å². The van der Waals surface area contributed by atoms with Crippen molar-refractivity contribution in [1.29, 1.82) is 0 Å². The third-order valence-electron chi connectivity index (χ3n) is 6.64. The predicted octanol–water partition coefficient (Wildman–Crippen LogP) is 4.11. The zero-order valence-corrected chi connectivity index (χ0v) is 17.7. The monoisotopic (exact) mass is 412 g/mol. The second-order valence-corrected chi connectivity index (χ2v) is 8.49. The quantitative estimate of drug-likeness (QED) is 0.591. The van der Waals surface area contributed by atoms with Gasteiger partial charge in [0, 0.05) is 44.8 Å². The van der Waals surface area contributed by atoms with Gasteiger partial charge in [0.2, 0.25) is 0 Å². The molecule has 4 heteroatoms. The van der Waals surface area contributed by atoms with E-state index in [4.69, 9.17) is 4.74 Å². The summed E-state index contributed by atoms with van der Waals surface area (Å²) in [4.78, 5) is 18.2. The molecule has 2 heterocycles. The molecule has 158 valence electrons. The fraction of sp³-hybridized carbons (Fsp3) is 0.296. The number of carbonyl (C=O) groups excluding carboxylic acids is 1. The van der Waals surface area contributed by atoms with Gasteiger partial charge in [-0.2, -0.15) is 0 Å². The number of nitrogens with zero attached hydrogens (tertiary/aromatic N) is 2. The van der Waals surface area contributed by atoms with Gasteiger partial charge in [-0.3, -0.25) is 9.69 Å². The van der Waals surface area contributed by atoms with Crippen molar-refractivity contribution in [2.75, 3.05) is 37.6 Å². The molecule has 2 saturated heterocycles. The topological polar surface area (TPSA) is 32.8 Å². The Labute approximate surface area is 184 Å². The van der Waals surface area contributed by atoms with Gasteiger partial charge >= 0.3 is 5.97 Å². The Kier molecular flexibility index (Phi) is 5.47. The van der Waals surface area contributed by atoms with Crippen LogP contribution < -0.4 is 4.90 Å². The maximum Gasteiger partial charge on any atom is 0.321 e. The molecule has 2 aliphatic heterocycles. The van der Waals surface area contributed by atoms with E-state index in [1.54, 1.807) is 0 Å². The van der Waals surface area contributed by atoms with E-state index in [0.717, 1.165) is 43.9 Å². The molecule has 0 spiro atoms. The molecule has 0 bridgehead atoms. The molecule has 3 aromatic carbocycles. The molecule has 1 atom stereocenters. The van der Waals surface area contributed by atoms with Crippen LogP contribution in [-0.4, -0.2) is 49.7 Å². The number of anilines is 1. The van der Waals surface area contributed by atoms with Gasteiger partial charge in [-0.25, -0.2) is 0 Å². The van der Waals surface area contributed by atoms with Gasteiger partial charge in [0.1, 0.15) is 11.5 Å². The van der Waals surface area contributed by atoms with Gasteiger partial charge in [-0.15, -0.1) is 0 Å². The van der Waals surface area contributed by atoms with Crippen molar-refractivity contribution in [1.82, 2.24) is 4.90 Å². The summed E-state index contributed by atoms with van der Waals surface area (Å²) < 4.78 is 6.01. The van der Waals surface area contributed by atoms with Crippen LogP contribution in [0.25, 0.3) is 0 Å². The molecule has 5 rings (SSSR count). The summed E-state index contributed by atoms with van der Waals surface area (Å²) in [6.45, 7) is 4.73. The van der Waals surface area contributed by atoms with Gasteiger partial charge in [0.05, 0.1) is 0 Å². The fourth-order valence-corrected chi connectivity index (χ4v) is 5.02. The summed E-state index contributed by atoms with van der Waals surface area (Å²) in [6.07, 6.45) is 0.579.